The summed E-state index contributed by atoms with van der Waals surface area (Å²) in [5.74, 6) is -2.84. The van der Waals surface area contributed by atoms with Crippen molar-refractivity contribution in [3.8, 4) is 11.5 Å². The summed E-state index contributed by atoms with van der Waals surface area (Å²) >= 11 is 0. The van der Waals surface area contributed by atoms with Crippen LogP contribution in [0.3, 0.4) is 0 Å². The van der Waals surface area contributed by atoms with Gasteiger partial charge in [0.1, 0.15) is 0 Å². The van der Waals surface area contributed by atoms with Crippen molar-refractivity contribution in [2.45, 2.75) is 0 Å². The maximum Gasteiger partial charge on any atom is 2.00 e. The van der Waals surface area contributed by atoms with Crippen molar-refractivity contribution in [2.24, 2.45) is 0 Å². The van der Waals surface area contributed by atoms with Crippen molar-refractivity contribution >= 4 is 61.8 Å². The molecule has 0 aliphatic rings. The molecule has 2 aromatic rings. The summed E-state index contributed by atoms with van der Waals surface area (Å²) in [5, 5.41) is 38.8. The molecule has 0 atom stereocenters. The number of methoxy groups -OCH3 is 2. The number of hydrogen-bond acceptors (Lipinski definition) is 6. The van der Waals surface area contributed by atoms with E-state index in [0.29, 0.717) is 11.1 Å². The molecular weight excluding hydrogens is 408 g/mol. The molecule has 0 bridgehead atoms. The molecule has 0 amide bonds. The van der Waals surface area contributed by atoms with E-state index in [4.69, 9.17) is 10.2 Å². The Morgan fingerprint density at radius 3 is 1.21 bits per heavy atom. The van der Waals surface area contributed by atoms with Crippen molar-refractivity contribution in [3.63, 3.8) is 0 Å². The van der Waals surface area contributed by atoms with Gasteiger partial charge in [-0.25, -0.2) is 9.59 Å². The van der Waals surface area contributed by atoms with Crippen LogP contribution in [0.1, 0.15) is 11.1 Å². The molecule has 0 spiro atoms. The minimum Gasteiger partial charge on any atom is -0.872 e. The second-order valence-corrected chi connectivity index (χ2v) is 5.17. The van der Waals surface area contributed by atoms with Crippen LogP contribution in [-0.2, 0) is 19.1 Å². The van der Waals surface area contributed by atoms with Gasteiger partial charge in [0.05, 0.1) is 14.2 Å². The van der Waals surface area contributed by atoms with Gasteiger partial charge in [-0.2, -0.15) is 0 Å². The third-order valence-electron chi connectivity index (χ3n) is 3.22. The largest absolute Gasteiger partial charge is 2.00 e. The third-order valence-corrected chi connectivity index (χ3v) is 3.22. The van der Waals surface area contributed by atoms with Crippen LogP contribution in [0.25, 0.3) is 12.2 Å². The molecule has 148 valence electrons. The standard InChI is InChI=1S/2C10H10O4.Ca/c2*1-14-9(10(12)13)6-7-2-4-8(11)5-3-7;/h2*2-6,11H,1H3,(H,12,13);/q;;+2/p-2/b2*9-6-;. The smallest absolute Gasteiger partial charge is 0.872 e. The van der Waals surface area contributed by atoms with E-state index in [1.165, 1.54) is 74.9 Å². The van der Waals surface area contributed by atoms with E-state index in [-0.39, 0.29) is 60.8 Å². The molecule has 0 saturated heterocycles. The second-order valence-electron chi connectivity index (χ2n) is 5.17. The minimum absolute atomic E-state index is 0. The van der Waals surface area contributed by atoms with Gasteiger partial charge in [0.2, 0.25) is 11.5 Å². The fourth-order valence-electron chi connectivity index (χ4n) is 1.85. The molecule has 9 heteroatoms. The van der Waals surface area contributed by atoms with Crippen molar-refractivity contribution in [2.75, 3.05) is 14.2 Å². The summed E-state index contributed by atoms with van der Waals surface area (Å²) in [7, 11) is 2.56. The summed E-state index contributed by atoms with van der Waals surface area (Å²) in [6.07, 6.45) is 2.70. The van der Waals surface area contributed by atoms with Gasteiger partial charge in [-0.1, -0.05) is 48.5 Å². The first kappa shape index (κ1) is 26.3. The number of ether oxygens (including phenoxy) is 2. The number of carbonyl (C=O) groups is 2. The normalized spacial score (nSPS) is 10.7. The summed E-state index contributed by atoms with van der Waals surface area (Å²) in [6.45, 7) is 0. The molecule has 0 aromatic heterocycles. The van der Waals surface area contributed by atoms with Crippen LogP contribution in [0.15, 0.2) is 60.0 Å². The topological polar surface area (TPSA) is 139 Å². The van der Waals surface area contributed by atoms with Gasteiger partial charge in [-0.15, -0.1) is 11.5 Å². The first-order chi connectivity index (χ1) is 13.3. The van der Waals surface area contributed by atoms with Crippen LogP contribution < -0.4 is 10.2 Å². The van der Waals surface area contributed by atoms with E-state index in [1.807, 2.05) is 0 Å². The maximum atomic E-state index is 10.7. The van der Waals surface area contributed by atoms with Crippen molar-refractivity contribution in [1.82, 2.24) is 0 Å². The molecular formula is C20H18CaO8. The number of rotatable bonds is 6. The minimum atomic E-state index is -1.14. The first-order valence-corrected chi connectivity index (χ1v) is 7.79. The van der Waals surface area contributed by atoms with Crippen LogP contribution >= 0.6 is 0 Å². The number of carboxylic acid groups (broad SMARTS) is 2. The van der Waals surface area contributed by atoms with Crippen LogP contribution in [0.4, 0.5) is 0 Å². The first-order valence-electron chi connectivity index (χ1n) is 7.79. The van der Waals surface area contributed by atoms with Gasteiger partial charge in [0, 0.05) is 0 Å². The molecule has 8 nitrogen and oxygen atoms in total. The van der Waals surface area contributed by atoms with Crippen molar-refractivity contribution in [1.29, 1.82) is 0 Å². The average molecular weight is 426 g/mol. The fourth-order valence-corrected chi connectivity index (χ4v) is 1.85. The van der Waals surface area contributed by atoms with Crippen LogP contribution in [0.2, 0.25) is 0 Å². The van der Waals surface area contributed by atoms with Gasteiger partial charge >= 0.3 is 49.7 Å². The molecule has 0 saturated carbocycles. The summed E-state index contributed by atoms with van der Waals surface area (Å²) in [6, 6.07) is 11.6. The Bertz CT molecular complexity index is 782. The molecule has 0 aliphatic heterocycles. The molecule has 29 heavy (non-hydrogen) atoms. The van der Waals surface area contributed by atoms with E-state index >= 15 is 0 Å². The van der Waals surface area contributed by atoms with Crippen molar-refractivity contribution < 1.29 is 39.5 Å². The van der Waals surface area contributed by atoms with Gasteiger partial charge < -0.3 is 29.9 Å². The number of aliphatic carboxylic acids is 2. The monoisotopic (exact) mass is 426 g/mol. The predicted octanol–water partition coefficient (Wildman–Crippen LogP) is 1.28. The zero-order valence-corrected chi connectivity index (χ0v) is 18.0. The Hall–Kier alpha value is -2.68. The SMILES string of the molecule is CO/C(=C\c1ccc([O-])cc1)C(=O)O.CO/C(=C\c1ccc([O-])cc1)C(=O)O.[Ca+2]. The van der Waals surface area contributed by atoms with Crippen LogP contribution in [0.5, 0.6) is 11.5 Å². The Labute approximate surface area is 197 Å². The van der Waals surface area contributed by atoms with E-state index < -0.39 is 11.9 Å². The summed E-state index contributed by atoms with van der Waals surface area (Å²) < 4.78 is 9.26. The van der Waals surface area contributed by atoms with E-state index in [1.54, 1.807) is 0 Å². The fraction of sp³-hybridized carbons (Fsp3) is 0.100. The van der Waals surface area contributed by atoms with E-state index in [9.17, 15) is 19.8 Å². The molecule has 2 rings (SSSR count). The van der Waals surface area contributed by atoms with Gasteiger partial charge in [0.25, 0.3) is 0 Å². The summed E-state index contributed by atoms with van der Waals surface area (Å²) in [4.78, 5) is 21.1. The number of carboxylic acids is 2. The number of hydrogen-bond donors (Lipinski definition) is 2. The Kier molecular flexibility index (Phi) is 12.2. The molecule has 0 unspecified atom stereocenters. The zero-order valence-electron chi connectivity index (χ0n) is 15.8. The van der Waals surface area contributed by atoms with Gasteiger partial charge in [-0.05, 0) is 23.3 Å². The average Bonchev–Trinajstić information content (AvgIpc) is 2.67. The third kappa shape index (κ3) is 9.89. The Balaban J connectivity index is 0.000000523. The van der Waals surface area contributed by atoms with Crippen LogP contribution in [0, 0.1) is 0 Å². The quantitative estimate of drug-likeness (QED) is 0.400. The Morgan fingerprint density at radius 2 is 1.00 bits per heavy atom. The van der Waals surface area contributed by atoms with E-state index in [2.05, 4.69) is 9.47 Å². The van der Waals surface area contributed by atoms with Gasteiger partial charge in [0.15, 0.2) is 0 Å². The molecule has 2 aromatic carbocycles. The van der Waals surface area contributed by atoms with Crippen LogP contribution in [-0.4, -0.2) is 74.1 Å². The molecule has 0 heterocycles. The zero-order chi connectivity index (χ0) is 21.1. The maximum absolute atomic E-state index is 10.7. The Morgan fingerprint density at radius 1 is 0.724 bits per heavy atom. The number of benzene rings is 2. The molecule has 2 N–H and O–H groups in total. The molecule has 0 aliphatic carbocycles. The predicted molar refractivity (Wildman–Crippen MR) is 103 cm³/mol. The molecule has 0 fully saturated rings. The molecule has 0 radical (unpaired) electrons. The second kappa shape index (κ2) is 13.5. The van der Waals surface area contributed by atoms with E-state index in [0.717, 1.165) is 0 Å². The van der Waals surface area contributed by atoms with Crippen molar-refractivity contribution in [3.05, 3.63) is 71.2 Å². The van der Waals surface area contributed by atoms with Gasteiger partial charge in [-0.3, -0.25) is 0 Å². The summed E-state index contributed by atoms with van der Waals surface area (Å²) in [5.41, 5.74) is 1.23.